The Balaban J connectivity index is 1.92. The second-order valence-corrected chi connectivity index (χ2v) is 7.26. The van der Waals surface area contributed by atoms with Gasteiger partial charge in [-0.1, -0.05) is 50.8 Å². The van der Waals surface area contributed by atoms with Crippen LogP contribution in [-0.4, -0.2) is 12.6 Å². The molecule has 1 aliphatic carbocycles. The molecule has 0 radical (unpaired) electrons. The fourth-order valence-electron chi connectivity index (χ4n) is 3.36. The Labute approximate surface area is 161 Å². The van der Waals surface area contributed by atoms with Crippen molar-refractivity contribution in [1.29, 1.82) is 0 Å². The normalized spacial score (nSPS) is 16.9. The van der Waals surface area contributed by atoms with Gasteiger partial charge in [-0.2, -0.15) is 0 Å². The standard InChI is InChI=1S/C23H30F2O2/c1-3-5-7-17(4-2)16-27-23(26)11-10-18-8-6-9-19(12-18)20-13-21(24)15-22(25)14-20/h10,12-15,17H,3-9,11,16H2,1-2H3/b18-10+. The van der Waals surface area contributed by atoms with Crippen molar-refractivity contribution >= 4 is 11.5 Å². The van der Waals surface area contributed by atoms with Crippen molar-refractivity contribution in [2.45, 2.75) is 65.2 Å². The van der Waals surface area contributed by atoms with E-state index in [1.165, 1.54) is 12.1 Å². The quantitative estimate of drug-likeness (QED) is 0.453. The van der Waals surface area contributed by atoms with Crippen LogP contribution in [0.4, 0.5) is 8.78 Å². The Hall–Kier alpha value is -1.97. The highest BCUT2D eigenvalue weighted by molar-refractivity contribution is 5.73. The van der Waals surface area contributed by atoms with Gasteiger partial charge >= 0.3 is 5.97 Å². The molecule has 0 heterocycles. The minimum Gasteiger partial charge on any atom is -0.465 e. The summed E-state index contributed by atoms with van der Waals surface area (Å²) in [5, 5.41) is 0. The van der Waals surface area contributed by atoms with Gasteiger partial charge in [0.1, 0.15) is 11.6 Å². The maximum absolute atomic E-state index is 13.4. The van der Waals surface area contributed by atoms with Crippen molar-refractivity contribution in [1.82, 2.24) is 0 Å². The molecular weight excluding hydrogens is 346 g/mol. The first-order valence-corrected chi connectivity index (χ1v) is 10.0. The Kier molecular flexibility index (Phi) is 8.70. The van der Waals surface area contributed by atoms with Gasteiger partial charge in [-0.15, -0.1) is 0 Å². The molecule has 0 aliphatic heterocycles. The summed E-state index contributed by atoms with van der Waals surface area (Å²) in [6, 6.07) is 3.59. The van der Waals surface area contributed by atoms with E-state index in [0.717, 1.165) is 62.2 Å². The summed E-state index contributed by atoms with van der Waals surface area (Å²) < 4.78 is 32.3. The minimum atomic E-state index is -0.570. The first kappa shape index (κ1) is 21.3. The monoisotopic (exact) mass is 376 g/mol. The highest BCUT2D eigenvalue weighted by atomic mass is 19.1. The number of carbonyl (C=O) groups excluding carboxylic acids is 1. The summed E-state index contributed by atoms with van der Waals surface area (Å²) >= 11 is 0. The molecule has 4 heteroatoms. The zero-order valence-electron chi connectivity index (χ0n) is 16.4. The van der Waals surface area contributed by atoms with Gasteiger partial charge in [-0.05, 0) is 54.9 Å². The zero-order chi connectivity index (χ0) is 19.6. The summed E-state index contributed by atoms with van der Waals surface area (Å²) in [6.45, 7) is 4.77. The number of allylic oxidation sites excluding steroid dienone is 3. The lowest BCUT2D eigenvalue weighted by atomic mass is 9.90. The Morgan fingerprint density at radius 2 is 1.93 bits per heavy atom. The van der Waals surface area contributed by atoms with Gasteiger partial charge in [0.25, 0.3) is 0 Å². The molecular formula is C23H30F2O2. The van der Waals surface area contributed by atoms with Crippen LogP contribution >= 0.6 is 0 Å². The fraction of sp³-hybridized carbons (Fsp3) is 0.522. The van der Waals surface area contributed by atoms with Crippen LogP contribution in [0.5, 0.6) is 0 Å². The summed E-state index contributed by atoms with van der Waals surface area (Å²) in [5.74, 6) is -0.918. The number of carbonyl (C=O) groups is 1. The van der Waals surface area contributed by atoms with Crippen molar-refractivity contribution in [3.05, 3.63) is 53.1 Å². The van der Waals surface area contributed by atoms with Crippen LogP contribution < -0.4 is 0 Å². The third-order valence-corrected chi connectivity index (χ3v) is 5.06. The van der Waals surface area contributed by atoms with Gasteiger partial charge in [0.2, 0.25) is 0 Å². The largest absolute Gasteiger partial charge is 0.465 e. The summed E-state index contributed by atoms with van der Waals surface area (Å²) in [5.41, 5.74) is 2.50. The molecule has 2 rings (SSSR count). The molecule has 1 aliphatic rings. The number of hydrogen-bond donors (Lipinski definition) is 0. The van der Waals surface area contributed by atoms with Crippen LogP contribution in [0.1, 0.15) is 70.8 Å². The maximum Gasteiger partial charge on any atom is 0.309 e. The van der Waals surface area contributed by atoms with E-state index in [9.17, 15) is 13.6 Å². The van der Waals surface area contributed by atoms with Crippen LogP contribution in [-0.2, 0) is 9.53 Å². The molecule has 2 nitrogen and oxygen atoms in total. The molecule has 1 aromatic carbocycles. The number of esters is 1. The molecule has 0 N–H and O–H groups in total. The SMILES string of the molecule is CCCCC(CC)COC(=O)C/C=C1/C=C(c2cc(F)cc(F)c2)CCC1. The van der Waals surface area contributed by atoms with Gasteiger partial charge in [-0.3, -0.25) is 4.79 Å². The average molecular weight is 376 g/mol. The third kappa shape index (κ3) is 7.28. The average Bonchev–Trinajstić information content (AvgIpc) is 2.66. The summed E-state index contributed by atoms with van der Waals surface area (Å²) in [7, 11) is 0. The van der Waals surface area contributed by atoms with Crippen LogP contribution in [0.3, 0.4) is 0 Å². The Bertz CT molecular complexity index is 671. The lowest BCUT2D eigenvalue weighted by molar-refractivity contribution is -0.144. The number of benzene rings is 1. The molecule has 1 unspecified atom stereocenters. The molecule has 148 valence electrons. The van der Waals surface area contributed by atoms with E-state index in [2.05, 4.69) is 13.8 Å². The number of hydrogen-bond acceptors (Lipinski definition) is 2. The molecule has 0 aromatic heterocycles. The minimum absolute atomic E-state index is 0.213. The van der Waals surface area contributed by atoms with Crippen molar-refractivity contribution < 1.29 is 18.3 Å². The molecule has 0 spiro atoms. The van der Waals surface area contributed by atoms with E-state index in [1.807, 2.05) is 12.2 Å². The van der Waals surface area contributed by atoms with Gasteiger partial charge < -0.3 is 4.74 Å². The second-order valence-electron chi connectivity index (χ2n) is 7.26. The molecule has 1 aromatic rings. The van der Waals surface area contributed by atoms with E-state index < -0.39 is 11.6 Å². The van der Waals surface area contributed by atoms with Gasteiger partial charge in [0, 0.05) is 6.07 Å². The van der Waals surface area contributed by atoms with Gasteiger partial charge in [0.15, 0.2) is 0 Å². The zero-order valence-corrected chi connectivity index (χ0v) is 16.4. The Morgan fingerprint density at radius 1 is 1.19 bits per heavy atom. The number of ether oxygens (including phenoxy) is 1. The van der Waals surface area contributed by atoms with E-state index in [1.54, 1.807) is 0 Å². The van der Waals surface area contributed by atoms with Crippen LogP contribution in [0.2, 0.25) is 0 Å². The first-order valence-electron chi connectivity index (χ1n) is 10.0. The van der Waals surface area contributed by atoms with Crippen molar-refractivity contribution in [3.8, 4) is 0 Å². The number of halogens is 2. The summed E-state index contributed by atoms with van der Waals surface area (Å²) in [4.78, 5) is 12.0. The lowest BCUT2D eigenvalue weighted by Crippen LogP contribution is -2.13. The molecule has 27 heavy (non-hydrogen) atoms. The van der Waals surface area contributed by atoms with Crippen molar-refractivity contribution in [2.75, 3.05) is 6.61 Å². The van der Waals surface area contributed by atoms with E-state index >= 15 is 0 Å². The van der Waals surface area contributed by atoms with E-state index in [4.69, 9.17) is 4.74 Å². The number of unbranched alkanes of at least 4 members (excludes halogenated alkanes) is 1. The predicted molar refractivity (Wildman–Crippen MR) is 105 cm³/mol. The van der Waals surface area contributed by atoms with Gasteiger partial charge in [0.05, 0.1) is 13.0 Å². The van der Waals surface area contributed by atoms with E-state index in [-0.39, 0.29) is 12.4 Å². The van der Waals surface area contributed by atoms with E-state index in [0.29, 0.717) is 18.1 Å². The lowest BCUT2D eigenvalue weighted by Gasteiger charge is -2.16. The van der Waals surface area contributed by atoms with Crippen molar-refractivity contribution in [2.24, 2.45) is 5.92 Å². The fourth-order valence-corrected chi connectivity index (χ4v) is 3.36. The highest BCUT2D eigenvalue weighted by Crippen LogP contribution is 2.30. The van der Waals surface area contributed by atoms with Crippen LogP contribution in [0.25, 0.3) is 5.57 Å². The van der Waals surface area contributed by atoms with Crippen LogP contribution in [0.15, 0.2) is 35.9 Å². The molecule has 1 atom stereocenters. The highest BCUT2D eigenvalue weighted by Gasteiger charge is 2.13. The summed E-state index contributed by atoms with van der Waals surface area (Å²) in [6.07, 6.45) is 11.0. The third-order valence-electron chi connectivity index (χ3n) is 5.06. The molecule has 0 saturated heterocycles. The first-order chi connectivity index (χ1) is 13.0. The molecule has 0 amide bonds. The van der Waals surface area contributed by atoms with Crippen molar-refractivity contribution in [3.63, 3.8) is 0 Å². The predicted octanol–water partition coefficient (Wildman–Crippen LogP) is 6.61. The second kappa shape index (κ2) is 11.0. The smallest absolute Gasteiger partial charge is 0.309 e. The molecule has 0 saturated carbocycles. The molecule has 0 bridgehead atoms. The topological polar surface area (TPSA) is 26.3 Å². The Morgan fingerprint density at radius 3 is 2.59 bits per heavy atom. The maximum atomic E-state index is 13.4. The van der Waals surface area contributed by atoms with Gasteiger partial charge in [-0.25, -0.2) is 8.78 Å². The van der Waals surface area contributed by atoms with Crippen LogP contribution in [0, 0.1) is 17.6 Å². The number of rotatable bonds is 9. The molecule has 0 fully saturated rings.